The van der Waals surface area contributed by atoms with E-state index in [0.29, 0.717) is 12.0 Å². The molecule has 0 unspecified atom stereocenters. The zero-order valence-electron chi connectivity index (χ0n) is 9.74. The molecule has 0 aromatic carbocycles. The number of hydrogen-bond acceptors (Lipinski definition) is 3. The van der Waals surface area contributed by atoms with Crippen LogP contribution >= 0.6 is 0 Å². The SMILES string of the molecule is c1c(CNC2CCCCC2)noc1C1CC1. The average molecular weight is 220 g/mol. The molecule has 1 aromatic rings. The lowest BCUT2D eigenvalue weighted by molar-refractivity contribution is 0.354. The Morgan fingerprint density at radius 2 is 2.00 bits per heavy atom. The zero-order valence-corrected chi connectivity index (χ0v) is 9.74. The molecule has 0 amide bonds. The van der Waals surface area contributed by atoms with Crippen LogP contribution in [0.15, 0.2) is 10.6 Å². The number of aromatic nitrogens is 1. The van der Waals surface area contributed by atoms with E-state index < -0.39 is 0 Å². The summed E-state index contributed by atoms with van der Waals surface area (Å²) in [6.45, 7) is 0.876. The summed E-state index contributed by atoms with van der Waals surface area (Å²) in [5.74, 6) is 1.77. The molecule has 0 bridgehead atoms. The number of hydrogen-bond donors (Lipinski definition) is 1. The van der Waals surface area contributed by atoms with Crippen molar-refractivity contribution in [3.05, 3.63) is 17.5 Å². The minimum absolute atomic E-state index is 0.677. The molecule has 0 atom stereocenters. The van der Waals surface area contributed by atoms with E-state index in [9.17, 15) is 0 Å². The summed E-state index contributed by atoms with van der Waals surface area (Å²) in [4.78, 5) is 0. The standard InChI is InChI=1S/C13H20N2O/c1-2-4-11(5-3-1)14-9-12-8-13(16-15-12)10-6-7-10/h8,10-11,14H,1-7,9H2. The minimum Gasteiger partial charge on any atom is -0.361 e. The quantitative estimate of drug-likeness (QED) is 0.847. The maximum absolute atomic E-state index is 5.34. The molecule has 3 heteroatoms. The van der Waals surface area contributed by atoms with Gasteiger partial charge in [-0.3, -0.25) is 0 Å². The van der Waals surface area contributed by atoms with Crippen LogP contribution < -0.4 is 5.32 Å². The van der Waals surface area contributed by atoms with E-state index in [1.165, 1.54) is 44.9 Å². The fourth-order valence-corrected chi connectivity index (χ4v) is 2.53. The molecular weight excluding hydrogens is 200 g/mol. The molecular formula is C13H20N2O. The van der Waals surface area contributed by atoms with Crippen LogP contribution in [-0.2, 0) is 6.54 Å². The predicted molar refractivity (Wildman–Crippen MR) is 62.2 cm³/mol. The summed E-state index contributed by atoms with van der Waals surface area (Å²) < 4.78 is 5.34. The first-order valence-corrected chi connectivity index (χ1v) is 6.61. The fourth-order valence-electron chi connectivity index (χ4n) is 2.53. The van der Waals surface area contributed by atoms with E-state index in [4.69, 9.17) is 4.52 Å². The fraction of sp³-hybridized carbons (Fsp3) is 0.769. The number of rotatable bonds is 4. The van der Waals surface area contributed by atoms with E-state index >= 15 is 0 Å². The van der Waals surface area contributed by atoms with Crippen LogP contribution in [0.3, 0.4) is 0 Å². The van der Waals surface area contributed by atoms with Crippen molar-refractivity contribution in [3.63, 3.8) is 0 Å². The van der Waals surface area contributed by atoms with Crippen molar-refractivity contribution in [2.45, 2.75) is 63.5 Å². The highest BCUT2D eigenvalue weighted by Crippen LogP contribution is 2.40. The lowest BCUT2D eigenvalue weighted by Crippen LogP contribution is -2.30. The maximum Gasteiger partial charge on any atom is 0.140 e. The number of nitrogens with zero attached hydrogens (tertiary/aromatic N) is 1. The Hall–Kier alpha value is -0.830. The highest BCUT2D eigenvalue weighted by Gasteiger charge is 2.27. The van der Waals surface area contributed by atoms with Crippen molar-refractivity contribution in [1.29, 1.82) is 0 Å². The molecule has 16 heavy (non-hydrogen) atoms. The van der Waals surface area contributed by atoms with E-state index in [0.717, 1.165) is 18.0 Å². The molecule has 3 rings (SSSR count). The molecule has 1 N–H and O–H groups in total. The molecule has 2 fully saturated rings. The largest absolute Gasteiger partial charge is 0.361 e. The minimum atomic E-state index is 0.677. The van der Waals surface area contributed by atoms with Gasteiger partial charge in [-0.1, -0.05) is 24.4 Å². The van der Waals surface area contributed by atoms with Gasteiger partial charge < -0.3 is 9.84 Å². The second-order valence-electron chi connectivity index (χ2n) is 5.21. The lowest BCUT2D eigenvalue weighted by atomic mass is 9.95. The molecule has 3 nitrogen and oxygen atoms in total. The van der Waals surface area contributed by atoms with E-state index in [1.54, 1.807) is 0 Å². The summed E-state index contributed by atoms with van der Waals surface area (Å²) in [5, 5.41) is 7.71. The topological polar surface area (TPSA) is 38.1 Å². The maximum atomic E-state index is 5.34. The van der Waals surface area contributed by atoms with Crippen molar-refractivity contribution in [1.82, 2.24) is 10.5 Å². The van der Waals surface area contributed by atoms with Crippen LogP contribution in [0.25, 0.3) is 0 Å². The monoisotopic (exact) mass is 220 g/mol. The van der Waals surface area contributed by atoms with Gasteiger partial charge in [0, 0.05) is 24.6 Å². The third-order valence-electron chi connectivity index (χ3n) is 3.73. The summed E-state index contributed by atoms with van der Waals surface area (Å²) in [6.07, 6.45) is 9.39. The number of nitrogens with one attached hydrogen (secondary N) is 1. The van der Waals surface area contributed by atoms with Crippen LogP contribution in [-0.4, -0.2) is 11.2 Å². The lowest BCUT2D eigenvalue weighted by Gasteiger charge is -2.22. The van der Waals surface area contributed by atoms with Crippen LogP contribution in [0.1, 0.15) is 62.3 Å². The molecule has 1 aromatic heterocycles. The first-order chi connectivity index (χ1) is 7.92. The Kier molecular flexibility index (Phi) is 2.96. The van der Waals surface area contributed by atoms with Gasteiger partial charge in [0.2, 0.25) is 0 Å². The van der Waals surface area contributed by atoms with Gasteiger partial charge in [-0.05, 0) is 25.7 Å². The third-order valence-corrected chi connectivity index (χ3v) is 3.73. The van der Waals surface area contributed by atoms with Crippen LogP contribution in [0.4, 0.5) is 0 Å². The van der Waals surface area contributed by atoms with Crippen molar-refractivity contribution < 1.29 is 4.52 Å². The van der Waals surface area contributed by atoms with Gasteiger partial charge in [-0.2, -0.15) is 0 Å². The van der Waals surface area contributed by atoms with Crippen molar-refractivity contribution in [2.24, 2.45) is 0 Å². The van der Waals surface area contributed by atoms with E-state index in [-0.39, 0.29) is 0 Å². The van der Waals surface area contributed by atoms with Crippen LogP contribution in [0.2, 0.25) is 0 Å². The second-order valence-corrected chi connectivity index (χ2v) is 5.21. The molecule has 0 spiro atoms. The normalized spacial score (nSPS) is 22.5. The average Bonchev–Trinajstić information content (AvgIpc) is 3.08. The van der Waals surface area contributed by atoms with E-state index in [1.807, 2.05) is 0 Å². The van der Waals surface area contributed by atoms with Gasteiger partial charge in [0.1, 0.15) is 5.76 Å². The summed E-state index contributed by atoms with van der Waals surface area (Å²) in [5.41, 5.74) is 1.08. The van der Waals surface area contributed by atoms with Gasteiger partial charge in [0.25, 0.3) is 0 Å². The first-order valence-electron chi connectivity index (χ1n) is 6.61. The molecule has 1 heterocycles. The Morgan fingerprint density at radius 3 is 2.75 bits per heavy atom. The van der Waals surface area contributed by atoms with Crippen molar-refractivity contribution in [2.75, 3.05) is 0 Å². The molecule has 2 saturated carbocycles. The van der Waals surface area contributed by atoms with Crippen LogP contribution in [0, 0.1) is 0 Å². The van der Waals surface area contributed by atoms with Crippen LogP contribution in [0.5, 0.6) is 0 Å². The Bertz CT molecular complexity index is 337. The Balaban J connectivity index is 1.49. The predicted octanol–water partition coefficient (Wildman–Crippen LogP) is 2.97. The molecule has 0 saturated heterocycles. The van der Waals surface area contributed by atoms with Gasteiger partial charge in [-0.15, -0.1) is 0 Å². The summed E-state index contributed by atoms with van der Waals surface area (Å²) in [7, 11) is 0. The first kappa shape index (κ1) is 10.3. The molecule has 0 radical (unpaired) electrons. The Labute approximate surface area is 96.6 Å². The third kappa shape index (κ3) is 2.46. The zero-order chi connectivity index (χ0) is 10.8. The smallest absolute Gasteiger partial charge is 0.140 e. The van der Waals surface area contributed by atoms with Gasteiger partial charge in [0.05, 0.1) is 5.69 Å². The van der Waals surface area contributed by atoms with Crippen molar-refractivity contribution >= 4 is 0 Å². The molecule has 0 aliphatic heterocycles. The van der Waals surface area contributed by atoms with E-state index in [2.05, 4.69) is 16.5 Å². The molecule has 2 aliphatic rings. The molecule has 88 valence electrons. The highest BCUT2D eigenvalue weighted by atomic mass is 16.5. The van der Waals surface area contributed by atoms with Crippen molar-refractivity contribution in [3.8, 4) is 0 Å². The van der Waals surface area contributed by atoms with Gasteiger partial charge in [-0.25, -0.2) is 0 Å². The van der Waals surface area contributed by atoms with Gasteiger partial charge in [0.15, 0.2) is 0 Å². The van der Waals surface area contributed by atoms with Gasteiger partial charge >= 0.3 is 0 Å². The molecule has 2 aliphatic carbocycles. The summed E-state index contributed by atoms with van der Waals surface area (Å²) >= 11 is 0. The summed E-state index contributed by atoms with van der Waals surface area (Å²) in [6, 6.07) is 2.84. The second kappa shape index (κ2) is 4.58. The highest BCUT2D eigenvalue weighted by molar-refractivity contribution is 5.14. The Morgan fingerprint density at radius 1 is 1.19 bits per heavy atom.